The van der Waals surface area contributed by atoms with Gasteiger partial charge in [-0.2, -0.15) is 0 Å². The maximum atomic E-state index is 6.21. The van der Waals surface area contributed by atoms with Crippen LogP contribution in [-0.2, 0) is 0 Å². The third kappa shape index (κ3) is 2.97. The predicted octanol–water partition coefficient (Wildman–Crippen LogP) is 3.62. The summed E-state index contributed by atoms with van der Waals surface area (Å²) in [5.74, 6) is 1.14. The molecule has 0 saturated carbocycles. The minimum absolute atomic E-state index is 0.233. The number of fused-ring (bicyclic) bond motifs is 2. The minimum Gasteiger partial charge on any atom is -0.475 e. The smallest absolute Gasteiger partial charge is 0.231 e. The Bertz CT molecular complexity index is 1210. The van der Waals surface area contributed by atoms with Gasteiger partial charge in [-0.1, -0.05) is 30.3 Å². The van der Waals surface area contributed by atoms with Crippen molar-refractivity contribution in [3.63, 3.8) is 0 Å². The number of rotatable bonds is 5. The van der Waals surface area contributed by atoms with Gasteiger partial charge in [-0.15, -0.1) is 5.10 Å². The van der Waals surface area contributed by atoms with Crippen LogP contribution in [0.2, 0.25) is 0 Å². The van der Waals surface area contributed by atoms with Crippen LogP contribution < -0.4 is 10.5 Å². The molecule has 1 atom stereocenters. The lowest BCUT2D eigenvalue weighted by molar-refractivity contribution is 0.276. The van der Waals surface area contributed by atoms with Crippen LogP contribution in [0.15, 0.2) is 77.6 Å². The number of nitrogens with two attached hydrogens (primary N) is 1. The quantitative estimate of drug-likeness (QED) is 0.507. The summed E-state index contributed by atoms with van der Waals surface area (Å²) in [7, 11) is 0. The van der Waals surface area contributed by atoms with E-state index in [0.717, 1.165) is 22.2 Å². The topological polar surface area (TPSA) is 91.5 Å². The van der Waals surface area contributed by atoms with Crippen molar-refractivity contribution in [2.24, 2.45) is 5.73 Å². The van der Waals surface area contributed by atoms with Gasteiger partial charge in [0.2, 0.25) is 5.88 Å². The van der Waals surface area contributed by atoms with E-state index in [-0.39, 0.29) is 6.04 Å². The van der Waals surface area contributed by atoms with Crippen LogP contribution in [0.5, 0.6) is 5.88 Å². The number of imidazole rings is 1. The Morgan fingerprint density at radius 1 is 1.07 bits per heavy atom. The lowest BCUT2D eigenvalue weighted by Gasteiger charge is -2.13. The third-order valence-corrected chi connectivity index (χ3v) is 4.55. The summed E-state index contributed by atoms with van der Waals surface area (Å²) in [5, 5.41) is 5.47. The molecule has 0 unspecified atom stereocenters. The fourth-order valence-electron chi connectivity index (χ4n) is 3.08. The fraction of sp³-hybridized carbons (Fsp3) is 0.0952. The Morgan fingerprint density at radius 2 is 1.96 bits per heavy atom. The standard InChI is InChI=1S/C21H17N5O2/c22-16(14-4-2-1-3-5-14)13-27-21-7-6-20-24-12-17(26(20)25-21)19-10-15-11-23-9-8-18(15)28-19/h1-12,16H,13,22H2/t16-/m1/s1. The Hall–Kier alpha value is -3.71. The van der Waals surface area contributed by atoms with E-state index >= 15 is 0 Å². The molecule has 0 aliphatic carbocycles. The summed E-state index contributed by atoms with van der Waals surface area (Å²) in [5.41, 5.74) is 9.43. The number of benzene rings is 1. The summed E-state index contributed by atoms with van der Waals surface area (Å²) in [6, 6.07) is 17.0. The van der Waals surface area contributed by atoms with Crippen molar-refractivity contribution in [3.8, 4) is 17.3 Å². The van der Waals surface area contributed by atoms with E-state index in [1.54, 1.807) is 29.2 Å². The summed E-state index contributed by atoms with van der Waals surface area (Å²) >= 11 is 0. The summed E-state index contributed by atoms with van der Waals surface area (Å²) in [4.78, 5) is 8.51. The number of hydrogen-bond donors (Lipinski definition) is 1. The molecule has 0 bridgehead atoms. The SMILES string of the molecule is N[C@H](COc1ccc2ncc(-c3cc4cnccc4o3)n2n1)c1ccccc1. The van der Waals surface area contributed by atoms with Crippen molar-refractivity contribution in [2.45, 2.75) is 6.04 Å². The Balaban J connectivity index is 1.43. The highest BCUT2D eigenvalue weighted by Gasteiger charge is 2.14. The average Bonchev–Trinajstić information content (AvgIpc) is 3.36. The molecular formula is C21H17N5O2. The molecule has 28 heavy (non-hydrogen) atoms. The molecule has 0 aliphatic rings. The average molecular weight is 371 g/mol. The molecule has 7 heteroatoms. The molecule has 138 valence electrons. The molecule has 0 radical (unpaired) electrons. The molecule has 5 rings (SSSR count). The largest absolute Gasteiger partial charge is 0.475 e. The van der Waals surface area contributed by atoms with Gasteiger partial charge in [-0.05, 0) is 23.8 Å². The number of hydrogen-bond acceptors (Lipinski definition) is 6. The number of pyridine rings is 1. The summed E-state index contributed by atoms with van der Waals surface area (Å²) < 4.78 is 13.4. The highest BCUT2D eigenvalue weighted by Crippen LogP contribution is 2.28. The zero-order chi connectivity index (χ0) is 18.9. The number of aromatic nitrogens is 4. The summed E-state index contributed by atoms with van der Waals surface area (Å²) in [6.45, 7) is 0.322. The molecule has 2 N–H and O–H groups in total. The van der Waals surface area contributed by atoms with E-state index in [0.29, 0.717) is 23.9 Å². The van der Waals surface area contributed by atoms with Crippen LogP contribution >= 0.6 is 0 Å². The highest BCUT2D eigenvalue weighted by molar-refractivity contribution is 5.81. The third-order valence-electron chi connectivity index (χ3n) is 4.55. The molecule has 0 fully saturated rings. The molecule has 4 aromatic heterocycles. The second-order valence-electron chi connectivity index (χ2n) is 6.44. The molecule has 0 amide bonds. The van der Waals surface area contributed by atoms with Gasteiger partial charge in [0.15, 0.2) is 11.4 Å². The monoisotopic (exact) mass is 371 g/mol. The minimum atomic E-state index is -0.233. The molecule has 5 aromatic rings. The number of nitrogens with zero attached hydrogens (tertiary/aromatic N) is 4. The summed E-state index contributed by atoms with van der Waals surface area (Å²) in [6.07, 6.45) is 5.19. The van der Waals surface area contributed by atoms with E-state index < -0.39 is 0 Å². The van der Waals surface area contributed by atoms with Gasteiger partial charge in [0.25, 0.3) is 0 Å². The van der Waals surface area contributed by atoms with E-state index in [9.17, 15) is 0 Å². The first-order chi connectivity index (χ1) is 13.8. The Labute approximate surface area is 160 Å². The molecule has 1 aromatic carbocycles. The van der Waals surface area contributed by atoms with E-state index in [1.165, 1.54) is 0 Å². The molecule has 7 nitrogen and oxygen atoms in total. The van der Waals surface area contributed by atoms with Crippen molar-refractivity contribution >= 4 is 16.6 Å². The maximum Gasteiger partial charge on any atom is 0.231 e. The van der Waals surface area contributed by atoms with Gasteiger partial charge in [0.05, 0.1) is 12.2 Å². The zero-order valence-electron chi connectivity index (χ0n) is 14.9. The van der Waals surface area contributed by atoms with Gasteiger partial charge >= 0.3 is 0 Å². The zero-order valence-corrected chi connectivity index (χ0v) is 14.9. The van der Waals surface area contributed by atoms with Crippen LogP contribution in [0, 0.1) is 0 Å². The first-order valence-electron chi connectivity index (χ1n) is 8.90. The first-order valence-corrected chi connectivity index (χ1v) is 8.90. The molecule has 0 aliphatic heterocycles. The van der Waals surface area contributed by atoms with Gasteiger partial charge in [0, 0.05) is 23.8 Å². The van der Waals surface area contributed by atoms with Crippen LogP contribution in [0.25, 0.3) is 28.1 Å². The van der Waals surface area contributed by atoms with Crippen molar-refractivity contribution < 1.29 is 9.15 Å². The lowest BCUT2D eigenvalue weighted by Crippen LogP contribution is -2.19. The highest BCUT2D eigenvalue weighted by atomic mass is 16.5. The normalized spacial score (nSPS) is 12.5. The maximum absolute atomic E-state index is 6.21. The molecule has 0 saturated heterocycles. The number of ether oxygens (including phenoxy) is 1. The van der Waals surface area contributed by atoms with Crippen molar-refractivity contribution in [2.75, 3.05) is 6.61 Å². The first kappa shape index (κ1) is 16.5. The number of furan rings is 1. The van der Waals surface area contributed by atoms with Crippen LogP contribution in [0.3, 0.4) is 0 Å². The van der Waals surface area contributed by atoms with E-state index in [1.807, 2.05) is 48.5 Å². The fourth-order valence-corrected chi connectivity index (χ4v) is 3.08. The van der Waals surface area contributed by atoms with Crippen LogP contribution in [0.4, 0.5) is 0 Å². The van der Waals surface area contributed by atoms with Crippen molar-refractivity contribution in [3.05, 3.63) is 78.8 Å². The van der Waals surface area contributed by atoms with E-state index in [4.69, 9.17) is 14.9 Å². The Morgan fingerprint density at radius 3 is 2.82 bits per heavy atom. The molecule has 4 heterocycles. The van der Waals surface area contributed by atoms with Crippen LogP contribution in [-0.4, -0.2) is 26.2 Å². The van der Waals surface area contributed by atoms with Crippen molar-refractivity contribution in [1.82, 2.24) is 19.6 Å². The van der Waals surface area contributed by atoms with Gasteiger partial charge in [-0.25, -0.2) is 9.50 Å². The second-order valence-corrected chi connectivity index (χ2v) is 6.44. The second kappa shape index (κ2) is 6.79. The van der Waals surface area contributed by atoms with Gasteiger partial charge < -0.3 is 14.9 Å². The molecule has 0 spiro atoms. The lowest BCUT2D eigenvalue weighted by atomic mass is 10.1. The Kier molecular flexibility index (Phi) is 3.99. The molecular weight excluding hydrogens is 354 g/mol. The van der Waals surface area contributed by atoms with Crippen molar-refractivity contribution in [1.29, 1.82) is 0 Å². The predicted molar refractivity (Wildman–Crippen MR) is 105 cm³/mol. The van der Waals surface area contributed by atoms with Gasteiger partial charge in [-0.3, -0.25) is 4.98 Å². The van der Waals surface area contributed by atoms with Gasteiger partial charge in [0.1, 0.15) is 17.9 Å². The van der Waals surface area contributed by atoms with E-state index in [2.05, 4.69) is 15.1 Å². The van der Waals surface area contributed by atoms with Crippen LogP contribution in [0.1, 0.15) is 11.6 Å².